The van der Waals surface area contributed by atoms with E-state index in [0.717, 1.165) is 33.2 Å². The second-order valence-corrected chi connectivity index (χ2v) is 8.80. The summed E-state index contributed by atoms with van der Waals surface area (Å²) in [6.07, 6.45) is 0. The van der Waals surface area contributed by atoms with Gasteiger partial charge >= 0.3 is 0 Å². The molecule has 0 unspecified atom stereocenters. The number of aryl methyl sites for hydroxylation is 1. The summed E-state index contributed by atoms with van der Waals surface area (Å²) in [5, 5.41) is 9.77. The van der Waals surface area contributed by atoms with Gasteiger partial charge in [-0.25, -0.2) is 8.42 Å². The number of hydrogen-bond donors (Lipinski definition) is 3. The number of sulfonamides is 1. The highest BCUT2D eigenvalue weighted by atomic mass is 32.2. The molecule has 2 aromatic heterocycles. The number of carbonyl (C=O) groups excluding carboxylic acids is 1. The minimum Gasteiger partial charge on any atom is -0.326 e. The molecule has 0 aliphatic heterocycles. The van der Waals surface area contributed by atoms with Gasteiger partial charge in [-0.2, -0.15) is 5.10 Å². The van der Waals surface area contributed by atoms with Crippen LogP contribution in [0.25, 0.3) is 10.6 Å². The van der Waals surface area contributed by atoms with E-state index in [-0.39, 0.29) is 10.1 Å². The molecule has 3 aromatic rings. The quantitative estimate of drug-likeness (QED) is 0.620. The molecule has 0 atom stereocenters. The van der Waals surface area contributed by atoms with E-state index in [1.165, 1.54) is 6.92 Å². The first-order valence-corrected chi connectivity index (χ1v) is 10.1. The van der Waals surface area contributed by atoms with Crippen LogP contribution in [0, 0.1) is 13.8 Å². The molecule has 9 heteroatoms. The lowest BCUT2D eigenvalue weighted by atomic mass is 10.2. The van der Waals surface area contributed by atoms with Crippen molar-refractivity contribution in [3.05, 3.63) is 47.7 Å². The monoisotopic (exact) mass is 390 g/mol. The van der Waals surface area contributed by atoms with E-state index in [2.05, 4.69) is 20.2 Å². The topological polar surface area (TPSA) is 104 Å². The third kappa shape index (κ3) is 3.78. The zero-order valence-electron chi connectivity index (χ0n) is 14.5. The zero-order valence-corrected chi connectivity index (χ0v) is 16.1. The predicted molar refractivity (Wildman–Crippen MR) is 103 cm³/mol. The summed E-state index contributed by atoms with van der Waals surface area (Å²) in [5.74, 6) is -0.187. The number of rotatable bonds is 5. The number of benzene rings is 1. The fraction of sp³-hybridized carbons (Fsp3) is 0.176. The molecule has 3 N–H and O–H groups in total. The fourth-order valence-corrected chi connectivity index (χ4v) is 4.76. The lowest BCUT2D eigenvalue weighted by Crippen LogP contribution is -2.11. The van der Waals surface area contributed by atoms with Gasteiger partial charge in [0.1, 0.15) is 9.90 Å². The minimum atomic E-state index is -3.70. The van der Waals surface area contributed by atoms with Gasteiger partial charge in [0.15, 0.2) is 0 Å². The average molecular weight is 390 g/mol. The lowest BCUT2D eigenvalue weighted by molar-refractivity contribution is -0.114. The first-order valence-electron chi connectivity index (χ1n) is 7.78. The maximum atomic E-state index is 12.6. The van der Waals surface area contributed by atoms with Crippen LogP contribution in [0.15, 0.2) is 40.6 Å². The molecule has 1 aromatic carbocycles. The second kappa shape index (κ2) is 6.93. The van der Waals surface area contributed by atoms with Crippen LogP contribution in [0.4, 0.5) is 11.4 Å². The molecule has 2 heterocycles. The summed E-state index contributed by atoms with van der Waals surface area (Å²) in [5.41, 5.74) is 3.73. The molecule has 0 spiro atoms. The molecule has 26 heavy (non-hydrogen) atoms. The third-order valence-electron chi connectivity index (χ3n) is 3.79. The number of amides is 1. The Morgan fingerprint density at radius 3 is 2.31 bits per heavy atom. The maximum absolute atomic E-state index is 12.6. The van der Waals surface area contributed by atoms with Gasteiger partial charge < -0.3 is 5.32 Å². The minimum absolute atomic E-state index is 0.187. The van der Waals surface area contributed by atoms with Gasteiger partial charge in [0.25, 0.3) is 10.0 Å². The standard InChI is InChI=1S/C17H18N4O3S2/c1-10-11(2)19-20-17(10)15-8-9-16(25-15)26(23,24)21-14-6-4-13(5-7-14)18-12(3)22/h4-9,21H,1-3H3,(H,18,22)(H,19,20). The maximum Gasteiger partial charge on any atom is 0.271 e. The Labute approximate surface area is 155 Å². The Kier molecular flexibility index (Phi) is 4.84. The predicted octanol–water partition coefficient (Wildman–Crippen LogP) is 3.51. The van der Waals surface area contributed by atoms with Crippen molar-refractivity contribution in [2.75, 3.05) is 10.0 Å². The average Bonchev–Trinajstić information content (AvgIpc) is 3.17. The number of nitrogens with one attached hydrogen (secondary N) is 3. The van der Waals surface area contributed by atoms with E-state index in [4.69, 9.17) is 0 Å². The first-order chi connectivity index (χ1) is 12.3. The van der Waals surface area contributed by atoms with Gasteiger partial charge in [-0.1, -0.05) is 0 Å². The van der Waals surface area contributed by atoms with Crippen LogP contribution in [0.2, 0.25) is 0 Å². The number of hydrogen-bond acceptors (Lipinski definition) is 5. The van der Waals surface area contributed by atoms with Crippen LogP contribution in [-0.2, 0) is 14.8 Å². The van der Waals surface area contributed by atoms with E-state index in [1.54, 1.807) is 36.4 Å². The highest BCUT2D eigenvalue weighted by molar-refractivity contribution is 7.94. The molecule has 3 rings (SSSR count). The Morgan fingerprint density at radius 1 is 1.08 bits per heavy atom. The van der Waals surface area contributed by atoms with E-state index in [1.807, 2.05) is 13.8 Å². The van der Waals surface area contributed by atoms with Crippen LogP contribution in [0.1, 0.15) is 18.2 Å². The van der Waals surface area contributed by atoms with Crippen molar-refractivity contribution in [3.63, 3.8) is 0 Å². The van der Waals surface area contributed by atoms with Crippen molar-refractivity contribution in [3.8, 4) is 10.6 Å². The number of aromatic nitrogens is 2. The van der Waals surface area contributed by atoms with Crippen molar-refractivity contribution in [2.24, 2.45) is 0 Å². The molecule has 0 saturated heterocycles. The Bertz CT molecular complexity index is 1050. The molecular weight excluding hydrogens is 372 g/mol. The second-order valence-electron chi connectivity index (χ2n) is 5.80. The summed E-state index contributed by atoms with van der Waals surface area (Å²) in [4.78, 5) is 11.8. The van der Waals surface area contributed by atoms with Gasteiger partial charge in [-0.05, 0) is 55.8 Å². The van der Waals surface area contributed by atoms with Gasteiger partial charge in [-0.15, -0.1) is 11.3 Å². The summed E-state index contributed by atoms with van der Waals surface area (Å²) in [6, 6.07) is 9.78. The molecule has 136 valence electrons. The van der Waals surface area contributed by atoms with Crippen LogP contribution >= 0.6 is 11.3 Å². The van der Waals surface area contributed by atoms with Gasteiger partial charge in [0.05, 0.1) is 4.88 Å². The fourth-order valence-electron chi connectivity index (χ4n) is 2.35. The van der Waals surface area contributed by atoms with Crippen molar-refractivity contribution in [1.82, 2.24) is 10.2 Å². The molecule has 0 fully saturated rings. The Morgan fingerprint density at radius 2 is 1.73 bits per heavy atom. The van der Waals surface area contributed by atoms with Crippen molar-refractivity contribution in [1.29, 1.82) is 0 Å². The van der Waals surface area contributed by atoms with Crippen LogP contribution in [0.5, 0.6) is 0 Å². The van der Waals surface area contributed by atoms with Crippen LogP contribution in [-0.4, -0.2) is 24.5 Å². The molecular formula is C17H18N4O3S2. The summed E-state index contributed by atoms with van der Waals surface area (Å²) in [6.45, 7) is 5.27. The highest BCUT2D eigenvalue weighted by Crippen LogP contribution is 2.33. The van der Waals surface area contributed by atoms with Crippen LogP contribution < -0.4 is 10.0 Å². The molecule has 0 bridgehead atoms. The third-order valence-corrected chi connectivity index (χ3v) is 6.76. The number of H-pyrrole nitrogens is 1. The van der Waals surface area contributed by atoms with Gasteiger partial charge in [0.2, 0.25) is 5.91 Å². The Balaban J connectivity index is 1.80. The summed E-state index contributed by atoms with van der Waals surface area (Å²) in [7, 11) is -3.70. The zero-order chi connectivity index (χ0) is 18.9. The molecule has 0 aliphatic rings. The number of thiophene rings is 1. The summed E-state index contributed by atoms with van der Waals surface area (Å²) < 4.78 is 27.9. The lowest BCUT2D eigenvalue weighted by Gasteiger charge is -2.07. The van der Waals surface area contributed by atoms with E-state index in [9.17, 15) is 13.2 Å². The molecule has 0 aliphatic carbocycles. The number of aromatic amines is 1. The van der Waals surface area contributed by atoms with Crippen LogP contribution in [0.3, 0.4) is 0 Å². The van der Waals surface area contributed by atoms with E-state index >= 15 is 0 Å². The number of anilines is 2. The Hall–Kier alpha value is -2.65. The highest BCUT2D eigenvalue weighted by Gasteiger charge is 2.19. The number of nitrogens with zero attached hydrogens (tertiary/aromatic N) is 1. The SMILES string of the molecule is CC(=O)Nc1ccc(NS(=O)(=O)c2ccc(-c3n[nH]c(C)c3C)s2)cc1. The number of carbonyl (C=O) groups is 1. The van der Waals surface area contributed by atoms with E-state index in [0.29, 0.717) is 11.4 Å². The normalized spacial score (nSPS) is 11.3. The first kappa shape index (κ1) is 18.2. The van der Waals surface area contributed by atoms with Crippen molar-refractivity contribution >= 4 is 38.6 Å². The molecule has 0 radical (unpaired) electrons. The van der Waals surface area contributed by atoms with Gasteiger partial charge in [0, 0.05) is 24.0 Å². The molecule has 1 amide bonds. The molecule has 7 nitrogen and oxygen atoms in total. The smallest absolute Gasteiger partial charge is 0.271 e. The molecule has 0 saturated carbocycles. The van der Waals surface area contributed by atoms with Gasteiger partial charge in [-0.3, -0.25) is 14.6 Å². The van der Waals surface area contributed by atoms with Crippen molar-refractivity contribution < 1.29 is 13.2 Å². The van der Waals surface area contributed by atoms with Crippen molar-refractivity contribution in [2.45, 2.75) is 25.0 Å². The summed E-state index contributed by atoms with van der Waals surface area (Å²) >= 11 is 1.16. The van der Waals surface area contributed by atoms with E-state index < -0.39 is 10.0 Å². The largest absolute Gasteiger partial charge is 0.326 e.